The number of hydrogen-bond donors (Lipinski definition) is 2. The number of nitrogens with one attached hydrogen (secondary N) is 1. The van der Waals surface area contributed by atoms with E-state index >= 15 is 0 Å². The van der Waals surface area contributed by atoms with Crippen LogP contribution < -0.4 is 16.0 Å². The Bertz CT molecular complexity index is 491. The molecule has 0 radical (unpaired) electrons. The Hall–Kier alpha value is -0.820. The highest BCUT2D eigenvalue weighted by molar-refractivity contribution is 7.91. The molecule has 0 aliphatic heterocycles. The lowest BCUT2D eigenvalue weighted by Crippen LogP contribution is -2.39. The zero-order valence-electron chi connectivity index (χ0n) is 11.5. The van der Waals surface area contributed by atoms with Crippen molar-refractivity contribution in [1.82, 2.24) is 5.43 Å². The Morgan fingerprint density at radius 1 is 1.35 bits per heavy atom. The number of benzene rings is 1. The van der Waals surface area contributed by atoms with Crippen LogP contribution in [-0.2, 0) is 9.84 Å². The number of hydrazine groups is 1. The van der Waals surface area contributed by atoms with E-state index in [1.165, 1.54) is 0 Å². The first-order valence-corrected chi connectivity index (χ1v) is 8.71. The van der Waals surface area contributed by atoms with Crippen LogP contribution in [0.5, 0.6) is 5.75 Å². The molecule has 1 atom stereocenters. The smallest absolute Gasteiger partial charge is 0.150 e. The summed E-state index contributed by atoms with van der Waals surface area (Å²) in [6, 6.07) is 6.96. The summed E-state index contributed by atoms with van der Waals surface area (Å²) in [7, 11) is -2.92. The maximum atomic E-state index is 11.4. The van der Waals surface area contributed by atoms with E-state index in [4.69, 9.17) is 22.2 Å². The van der Waals surface area contributed by atoms with Gasteiger partial charge in [-0.15, -0.1) is 0 Å². The molecular weight excluding hydrogens is 300 g/mol. The summed E-state index contributed by atoms with van der Waals surface area (Å²) in [5, 5.41) is 0.649. The molecule has 0 amide bonds. The second-order valence-corrected chi connectivity index (χ2v) is 7.42. The van der Waals surface area contributed by atoms with Crippen LogP contribution >= 0.6 is 11.6 Å². The number of rotatable bonds is 9. The number of nitrogens with two attached hydrogens (primary N) is 1. The van der Waals surface area contributed by atoms with Crippen LogP contribution in [-0.4, -0.2) is 32.6 Å². The quantitative estimate of drug-likeness (QED) is 0.535. The number of hydrogen-bond acceptors (Lipinski definition) is 5. The van der Waals surface area contributed by atoms with Crippen LogP contribution in [0.2, 0.25) is 5.02 Å². The largest absolute Gasteiger partial charge is 0.492 e. The summed E-state index contributed by atoms with van der Waals surface area (Å²) in [4.78, 5) is 0. The van der Waals surface area contributed by atoms with Gasteiger partial charge in [-0.1, -0.05) is 18.5 Å². The second-order valence-electron chi connectivity index (χ2n) is 4.51. The molecule has 0 fully saturated rings. The molecule has 1 aromatic rings. The number of sulfone groups is 1. The molecule has 0 spiro atoms. The van der Waals surface area contributed by atoms with Crippen molar-refractivity contribution in [3.8, 4) is 5.75 Å². The maximum Gasteiger partial charge on any atom is 0.150 e. The van der Waals surface area contributed by atoms with Crippen LogP contribution in [0.1, 0.15) is 19.8 Å². The molecule has 5 nitrogen and oxygen atoms in total. The zero-order chi connectivity index (χ0) is 15.0. The van der Waals surface area contributed by atoms with Gasteiger partial charge in [0.05, 0.1) is 11.8 Å². The fourth-order valence-corrected chi connectivity index (χ4v) is 2.66. The van der Waals surface area contributed by atoms with E-state index in [-0.39, 0.29) is 17.5 Å². The van der Waals surface area contributed by atoms with Crippen molar-refractivity contribution in [3.63, 3.8) is 0 Å². The molecule has 0 bridgehead atoms. The third-order valence-electron chi connectivity index (χ3n) is 2.95. The van der Waals surface area contributed by atoms with E-state index in [0.29, 0.717) is 30.2 Å². The first kappa shape index (κ1) is 17.2. The van der Waals surface area contributed by atoms with Gasteiger partial charge in [0.15, 0.2) is 0 Å². The third kappa shape index (κ3) is 6.56. The van der Waals surface area contributed by atoms with Gasteiger partial charge in [0.2, 0.25) is 0 Å². The molecule has 1 rings (SSSR count). The summed E-state index contributed by atoms with van der Waals surface area (Å²) < 4.78 is 28.3. The van der Waals surface area contributed by atoms with Gasteiger partial charge in [-0.3, -0.25) is 11.3 Å². The molecule has 1 unspecified atom stereocenters. The first-order chi connectivity index (χ1) is 9.46. The van der Waals surface area contributed by atoms with Gasteiger partial charge in [0.1, 0.15) is 22.2 Å². The lowest BCUT2D eigenvalue weighted by molar-refractivity contribution is 0.257. The van der Waals surface area contributed by atoms with Crippen LogP contribution in [0.3, 0.4) is 0 Å². The normalized spacial score (nSPS) is 13.2. The minimum Gasteiger partial charge on any atom is -0.492 e. The zero-order valence-corrected chi connectivity index (χ0v) is 13.1. The van der Waals surface area contributed by atoms with Crippen molar-refractivity contribution >= 4 is 21.4 Å². The molecule has 0 saturated carbocycles. The predicted octanol–water partition coefficient (Wildman–Crippen LogP) is 1.77. The van der Waals surface area contributed by atoms with Gasteiger partial charge in [-0.25, -0.2) is 8.42 Å². The summed E-state index contributed by atoms with van der Waals surface area (Å²) in [6.45, 7) is 2.03. The summed E-state index contributed by atoms with van der Waals surface area (Å²) >= 11 is 5.78. The molecule has 0 aromatic heterocycles. The number of halogens is 1. The SMILES string of the molecule is CCS(=O)(=O)CCCC(COc1ccc(Cl)cc1)NN. The fraction of sp³-hybridized carbons (Fsp3) is 0.538. The molecule has 0 aliphatic carbocycles. The minimum absolute atomic E-state index is 0.0854. The molecular formula is C13H21ClN2O3S. The van der Waals surface area contributed by atoms with Crippen LogP contribution in [0.4, 0.5) is 0 Å². The topological polar surface area (TPSA) is 81.4 Å². The molecule has 1 aromatic carbocycles. The van der Waals surface area contributed by atoms with Crippen molar-refractivity contribution in [3.05, 3.63) is 29.3 Å². The van der Waals surface area contributed by atoms with Gasteiger partial charge in [0.25, 0.3) is 0 Å². The molecule has 0 heterocycles. The van der Waals surface area contributed by atoms with Crippen molar-refractivity contribution < 1.29 is 13.2 Å². The van der Waals surface area contributed by atoms with Crippen molar-refractivity contribution in [1.29, 1.82) is 0 Å². The lowest BCUT2D eigenvalue weighted by atomic mass is 10.2. The van der Waals surface area contributed by atoms with E-state index in [1.807, 2.05) is 0 Å². The molecule has 7 heteroatoms. The Balaban J connectivity index is 2.34. The molecule has 0 aliphatic rings. The summed E-state index contributed by atoms with van der Waals surface area (Å²) in [6.07, 6.45) is 1.21. The Labute approximate surface area is 125 Å². The van der Waals surface area contributed by atoms with Crippen molar-refractivity contribution in [2.75, 3.05) is 18.1 Å². The summed E-state index contributed by atoms with van der Waals surface area (Å²) in [5.41, 5.74) is 2.64. The number of ether oxygens (including phenoxy) is 1. The highest BCUT2D eigenvalue weighted by atomic mass is 35.5. The predicted molar refractivity (Wildman–Crippen MR) is 81.6 cm³/mol. The van der Waals surface area contributed by atoms with E-state index < -0.39 is 9.84 Å². The van der Waals surface area contributed by atoms with E-state index in [0.717, 1.165) is 0 Å². The standard InChI is InChI=1S/C13H21ClN2O3S/c1-2-20(17,18)9-3-4-12(16-15)10-19-13-7-5-11(14)6-8-13/h5-8,12,16H,2-4,9-10,15H2,1H3. The van der Waals surface area contributed by atoms with E-state index in [1.54, 1.807) is 31.2 Å². The third-order valence-corrected chi connectivity index (χ3v) is 4.99. The molecule has 114 valence electrons. The highest BCUT2D eigenvalue weighted by Crippen LogP contribution is 2.16. The maximum absolute atomic E-state index is 11.4. The molecule has 20 heavy (non-hydrogen) atoms. The highest BCUT2D eigenvalue weighted by Gasteiger charge is 2.11. The fourth-order valence-electron chi connectivity index (χ4n) is 1.64. The minimum atomic E-state index is -2.92. The lowest BCUT2D eigenvalue weighted by Gasteiger charge is -2.16. The first-order valence-electron chi connectivity index (χ1n) is 6.51. The molecule has 0 saturated heterocycles. The van der Waals surface area contributed by atoms with Crippen LogP contribution in [0, 0.1) is 0 Å². The Morgan fingerprint density at radius 3 is 2.55 bits per heavy atom. The van der Waals surface area contributed by atoms with Gasteiger partial charge in [-0.2, -0.15) is 0 Å². The second kappa shape index (κ2) is 8.46. The Kier molecular flexibility index (Phi) is 7.29. The van der Waals surface area contributed by atoms with E-state index in [9.17, 15) is 8.42 Å². The van der Waals surface area contributed by atoms with Crippen molar-refractivity contribution in [2.45, 2.75) is 25.8 Å². The average molecular weight is 321 g/mol. The Morgan fingerprint density at radius 2 is 2.00 bits per heavy atom. The molecule has 3 N–H and O–H groups in total. The van der Waals surface area contributed by atoms with Crippen LogP contribution in [0.15, 0.2) is 24.3 Å². The van der Waals surface area contributed by atoms with Gasteiger partial charge >= 0.3 is 0 Å². The summed E-state index contributed by atoms with van der Waals surface area (Å²) in [5.74, 6) is 6.51. The van der Waals surface area contributed by atoms with Crippen molar-refractivity contribution in [2.24, 2.45) is 5.84 Å². The van der Waals surface area contributed by atoms with E-state index in [2.05, 4.69) is 5.43 Å². The van der Waals surface area contributed by atoms with Gasteiger partial charge < -0.3 is 4.74 Å². The van der Waals surface area contributed by atoms with Gasteiger partial charge in [0, 0.05) is 10.8 Å². The van der Waals surface area contributed by atoms with Crippen LogP contribution in [0.25, 0.3) is 0 Å². The monoisotopic (exact) mass is 320 g/mol. The van der Waals surface area contributed by atoms with Gasteiger partial charge in [-0.05, 0) is 37.1 Å². The average Bonchev–Trinajstić information content (AvgIpc) is 2.44.